The van der Waals surface area contributed by atoms with Gasteiger partial charge in [-0.1, -0.05) is 26.0 Å². The van der Waals surface area contributed by atoms with Crippen molar-refractivity contribution in [3.63, 3.8) is 0 Å². The van der Waals surface area contributed by atoms with E-state index in [9.17, 15) is 4.79 Å². The van der Waals surface area contributed by atoms with Gasteiger partial charge in [-0.2, -0.15) is 5.10 Å². The Kier molecular flexibility index (Phi) is 5.52. The molecule has 0 radical (unpaired) electrons. The summed E-state index contributed by atoms with van der Waals surface area (Å²) in [6.45, 7) is 6.10. The number of methoxy groups -OCH3 is 1. The normalized spacial score (nSPS) is 11.4. The number of carbonyl (C=O) groups excluding carboxylic acids is 1. The largest absolute Gasteiger partial charge is 0.497 e. The molecule has 0 spiro atoms. The van der Waals surface area contributed by atoms with Crippen LogP contribution in [-0.4, -0.2) is 18.7 Å². The summed E-state index contributed by atoms with van der Waals surface area (Å²) in [6, 6.07) is 15.1. The van der Waals surface area contributed by atoms with Gasteiger partial charge in [-0.15, -0.1) is 0 Å². The summed E-state index contributed by atoms with van der Waals surface area (Å²) in [6.07, 6.45) is 0. The first-order valence-electron chi connectivity index (χ1n) is 7.60. The molecule has 120 valence electrons. The van der Waals surface area contributed by atoms with Crippen LogP contribution in [0.5, 0.6) is 5.75 Å². The van der Waals surface area contributed by atoms with Gasteiger partial charge in [0.25, 0.3) is 5.91 Å². The lowest BCUT2D eigenvalue weighted by Gasteiger charge is -2.07. The lowest BCUT2D eigenvalue weighted by Crippen LogP contribution is -2.19. The minimum absolute atomic E-state index is 0.215. The van der Waals surface area contributed by atoms with Gasteiger partial charge in [0.15, 0.2) is 0 Å². The van der Waals surface area contributed by atoms with E-state index in [0.717, 1.165) is 17.0 Å². The van der Waals surface area contributed by atoms with E-state index in [-0.39, 0.29) is 5.91 Å². The van der Waals surface area contributed by atoms with Crippen molar-refractivity contribution in [2.75, 3.05) is 7.11 Å². The number of nitrogens with zero attached hydrogens (tertiary/aromatic N) is 1. The number of hydrogen-bond acceptors (Lipinski definition) is 3. The van der Waals surface area contributed by atoms with Crippen LogP contribution in [0.1, 0.15) is 48.2 Å². The Morgan fingerprint density at radius 2 is 1.57 bits per heavy atom. The van der Waals surface area contributed by atoms with E-state index in [4.69, 9.17) is 4.74 Å². The fourth-order valence-corrected chi connectivity index (χ4v) is 2.12. The number of ether oxygens (including phenoxy) is 1. The van der Waals surface area contributed by atoms with Crippen molar-refractivity contribution in [3.05, 3.63) is 65.2 Å². The summed E-state index contributed by atoms with van der Waals surface area (Å²) in [4.78, 5) is 12.1. The number of rotatable bonds is 5. The molecule has 23 heavy (non-hydrogen) atoms. The maximum atomic E-state index is 12.1. The molecule has 2 rings (SSSR count). The minimum atomic E-state index is -0.215. The number of nitrogens with one attached hydrogen (secondary N) is 1. The summed E-state index contributed by atoms with van der Waals surface area (Å²) in [7, 11) is 1.63. The molecule has 0 aliphatic heterocycles. The molecule has 0 atom stereocenters. The van der Waals surface area contributed by atoms with Crippen molar-refractivity contribution in [2.24, 2.45) is 5.10 Å². The van der Waals surface area contributed by atoms with Crippen LogP contribution in [0.2, 0.25) is 0 Å². The average Bonchev–Trinajstić information content (AvgIpc) is 2.59. The molecule has 0 saturated carbocycles. The van der Waals surface area contributed by atoms with Crippen molar-refractivity contribution in [3.8, 4) is 5.75 Å². The highest BCUT2D eigenvalue weighted by Crippen LogP contribution is 2.15. The lowest BCUT2D eigenvalue weighted by molar-refractivity contribution is 0.0955. The zero-order chi connectivity index (χ0) is 16.8. The molecule has 1 N–H and O–H groups in total. The summed E-state index contributed by atoms with van der Waals surface area (Å²) in [5, 5.41) is 4.16. The molecular formula is C19H22N2O2. The van der Waals surface area contributed by atoms with Crippen LogP contribution in [0.25, 0.3) is 0 Å². The van der Waals surface area contributed by atoms with Gasteiger partial charge in [0.05, 0.1) is 12.8 Å². The molecule has 1 amide bonds. The Hall–Kier alpha value is -2.62. The van der Waals surface area contributed by atoms with Crippen LogP contribution in [0.3, 0.4) is 0 Å². The molecule has 0 fully saturated rings. The minimum Gasteiger partial charge on any atom is -0.497 e. The number of hydrazone groups is 1. The van der Waals surface area contributed by atoms with Crippen molar-refractivity contribution < 1.29 is 9.53 Å². The smallest absolute Gasteiger partial charge is 0.271 e. The van der Waals surface area contributed by atoms with Gasteiger partial charge in [-0.05, 0) is 60.4 Å². The predicted molar refractivity (Wildman–Crippen MR) is 93.2 cm³/mol. The molecule has 4 heteroatoms. The third-order valence-corrected chi connectivity index (χ3v) is 3.67. The summed E-state index contributed by atoms with van der Waals surface area (Å²) >= 11 is 0. The van der Waals surface area contributed by atoms with Crippen LogP contribution in [0, 0.1) is 0 Å². The first-order chi connectivity index (χ1) is 11.0. The second-order valence-electron chi connectivity index (χ2n) is 5.64. The van der Waals surface area contributed by atoms with E-state index in [0.29, 0.717) is 11.5 Å². The Labute approximate surface area is 137 Å². The zero-order valence-electron chi connectivity index (χ0n) is 14.0. The van der Waals surface area contributed by atoms with Gasteiger partial charge in [-0.3, -0.25) is 4.79 Å². The van der Waals surface area contributed by atoms with Gasteiger partial charge >= 0.3 is 0 Å². The summed E-state index contributed by atoms with van der Waals surface area (Å²) in [5.41, 5.74) is 6.07. The van der Waals surface area contributed by atoms with E-state index < -0.39 is 0 Å². The highest BCUT2D eigenvalue weighted by molar-refractivity contribution is 6.00. The van der Waals surface area contributed by atoms with Crippen LogP contribution < -0.4 is 10.2 Å². The first-order valence-corrected chi connectivity index (χ1v) is 7.60. The van der Waals surface area contributed by atoms with Gasteiger partial charge in [0, 0.05) is 5.56 Å². The standard InChI is InChI=1S/C19H22N2O2/c1-13(2)15-5-7-17(8-6-15)19(22)21-20-14(3)16-9-11-18(23-4)12-10-16/h5-13H,1-4H3,(H,21,22)/b20-14+. The number of amides is 1. The van der Waals surface area contributed by atoms with E-state index in [1.807, 2.05) is 55.5 Å². The maximum Gasteiger partial charge on any atom is 0.271 e. The quantitative estimate of drug-likeness (QED) is 0.671. The third-order valence-electron chi connectivity index (χ3n) is 3.67. The van der Waals surface area contributed by atoms with E-state index >= 15 is 0 Å². The predicted octanol–water partition coefficient (Wildman–Crippen LogP) is 3.97. The first kappa shape index (κ1) is 16.7. The van der Waals surface area contributed by atoms with Crippen LogP contribution >= 0.6 is 0 Å². The van der Waals surface area contributed by atoms with Crippen LogP contribution in [0.15, 0.2) is 53.6 Å². The van der Waals surface area contributed by atoms with E-state index in [1.165, 1.54) is 5.56 Å². The lowest BCUT2D eigenvalue weighted by atomic mass is 10.0. The van der Waals surface area contributed by atoms with E-state index in [2.05, 4.69) is 24.4 Å². The number of benzene rings is 2. The molecule has 4 nitrogen and oxygen atoms in total. The molecule has 0 bridgehead atoms. The van der Waals surface area contributed by atoms with Crippen molar-refractivity contribution in [2.45, 2.75) is 26.7 Å². The maximum absolute atomic E-state index is 12.1. The van der Waals surface area contributed by atoms with Gasteiger partial charge in [-0.25, -0.2) is 5.43 Å². The van der Waals surface area contributed by atoms with Gasteiger partial charge in [0.2, 0.25) is 0 Å². The molecule has 2 aromatic carbocycles. The fourth-order valence-electron chi connectivity index (χ4n) is 2.12. The Morgan fingerprint density at radius 3 is 2.09 bits per heavy atom. The molecule has 0 aliphatic rings. The number of hydrogen-bond donors (Lipinski definition) is 1. The highest BCUT2D eigenvalue weighted by Gasteiger charge is 2.06. The Morgan fingerprint density at radius 1 is 1.00 bits per heavy atom. The third kappa shape index (κ3) is 4.42. The zero-order valence-corrected chi connectivity index (χ0v) is 14.0. The number of carbonyl (C=O) groups is 1. The monoisotopic (exact) mass is 310 g/mol. The van der Waals surface area contributed by atoms with Crippen molar-refractivity contribution >= 4 is 11.6 Å². The van der Waals surface area contributed by atoms with Crippen molar-refractivity contribution in [1.29, 1.82) is 0 Å². The van der Waals surface area contributed by atoms with Crippen molar-refractivity contribution in [1.82, 2.24) is 5.43 Å². The molecular weight excluding hydrogens is 288 g/mol. The van der Waals surface area contributed by atoms with Crippen LogP contribution in [0.4, 0.5) is 0 Å². The van der Waals surface area contributed by atoms with E-state index in [1.54, 1.807) is 7.11 Å². The second-order valence-corrected chi connectivity index (χ2v) is 5.64. The second kappa shape index (κ2) is 7.58. The molecule has 2 aromatic rings. The summed E-state index contributed by atoms with van der Waals surface area (Å²) < 4.78 is 5.12. The Balaban J connectivity index is 2.04. The molecule has 0 unspecified atom stereocenters. The molecule has 0 aliphatic carbocycles. The van der Waals surface area contributed by atoms with Gasteiger partial charge < -0.3 is 4.74 Å². The molecule has 0 aromatic heterocycles. The molecule has 0 saturated heterocycles. The topological polar surface area (TPSA) is 50.7 Å². The SMILES string of the molecule is COc1ccc(/C(C)=N/NC(=O)c2ccc(C(C)C)cc2)cc1. The molecule has 0 heterocycles. The van der Waals surface area contributed by atoms with Crippen LogP contribution in [-0.2, 0) is 0 Å². The summed E-state index contributed by atoms with van der Waals surface area (Å²) in [5.74, 6) is 1.02. The van der Waals surface area contributed by atoms with Gasteiger partial charge in [0.1, 0.15) is 5.75 Å². The fraction of sp³-hybridized carbons (Fsp3) is 0.263. The highest BCUT2D eigenvalue weighted by atomic mass is 16.5. The Bertz CT molecular complexity index is 686. The average molecular weight is 310 g/mol.